The molecule has 23 heavy (non-hydrogen) atoms. The quantitative estimate of drug-likeness (QED) is 0.505. The maximum absolute atomic E-state index is 13.7. The average molecular weight is 304 g/mol. The maximum atomic E-state index is 13.7. The molecule has 1 N–H and O–H groups in total. The Bertz CT molecular complexity index is 1050. The monoisotopic (exact) mass is 304 g/mol. The minimum atomic E-state index is -0.173. The maximum Gasteiger partial charge on any atom is 0.123 e. The van der Waals surface area contributed by atoms with Gasteiger partial charge in [0.1, 0.15) is 5.82 Å². The van der Waals surface area contributed by atoms with Gasteiger partial charge in [-0.1, -0.05) is 18.2 Å². The van der Waals surface area contributed by atoms with E-state index in [0.29, 0.717) is 5.92 Å². The number of hydrogen-bond acceptors (Lipinski definition) is 0. The van der Waals surface area contributed by atoms with Gasteiger partial charge in [0.05, 0.1) is 0 Å². The fraction of sp³-hybridized carbons (Fsp3) is 0.200. The van der Waals surface area contributed by atoms with Crippen LogP contribution < -0.4 is 0 Å². The van der Waals surface area contributed by atoms with Crippen LogP contribution in [-0.4, -0.2) is 9.55 Å². The highest BCUT2D eigenvalue weighted by Crippen LogP contribution is 2.43. The van der Waals surface area contributed by atoms with Crippen molar-refractivity contribution < 1.29 is 4.39 Å². The van der Waals surface area contributed by atoms with Crippen molar-refractivity contribution in [2.75, 3.05) is 0 Å². The summed E-state index contributed by atoms with van der Waals surface area (Å²) in [5, 5.41) is 2.34. The second-order valence-electron chi connectivity index (χ2n) is 6.45. The van der Waals surface area contributed by atoms with Crippen molar-refractivity contribution in [3.63, 3.8) is 0 Å². The SMILES string of the molecule is Cc1c2n(c3ccccc13)CCC2c1c[nH]c2ccc(F)cc12. The summed E-state index contributed by atoms with van der Waals surface area (Å²) >= 11 is 0. The summed E-state index contributed by atoms with van der Waals surface area (Å²) in [7, 11) is 0. The molecule has 0 aliphatic carbocycles. The molecular formula is C20H17FN2. The largest absolute Gasteiger partial charge is 0.361 e. The molecular weight excluding hydrogens is 287 g/mol. The normalized spacial score (nSPS) is 17.2. The van der Waals surface area contributed by atoms with E-state index in [9.17, 15) is 4.39 Å². The summed E-state index contributed by atoms with van der Waals surface area (Å²) in [6, 6.07) is 13.6. The molecule has 5 rings (SSSR count). The molecule has 0 amide bonds. The highest BCUT2D eigenvalue weighted by Gasteiger charge is 2.30. The van der Waals surface area contributed by atoms with Gasteiger partial charge >= 0.3 is 0 Å². The number of nitrogens with one attached hydrogen (secondary N) is 1. The minimum absolute atomic E-state index is 0.173. The van der Waals surface area contributed by atoms with Crippen LogP contribution in [0.1, 0.15) is 29.2 Å². The van der Waals surface area contributed by atoms with Crippen molar-refractivity contribution >= 4 is 21.8 Å². The van der Waals surface area contributed by atoms with E-state index >= 15 is 0 Å². The summed E-state index contributed by atoms with van der Waals surface area (Å²) in [5.41, 5.74) is 6.27. The number of H-pyrrole nitrogens is 1. The predicted octanol–water partition coefficient (Wildman–Crippen LogP) is 5.11. The van der Waals surface area contributed by atoms with Gasteiger partial charge < -0.3 is 9.55 Å². The van der Waals surface area contributed by atoms with Crippen LogP contribution in [0.15, 0.2) is 48.7 Å². The lowest BCUT2D eigenvalue weighted by Gasteiger charge is -2.10. The fourth-order valence-corrected chi connectivity index (χ4v) is 4.29. The molecule has 0 bridgehead atoms. The minimum Gasteiger partial charge on any atom is -0.361 e. The number of benzene rings is 2. The van der Waals surface area contributed by atoms with Crippen LogP contribution in [0.4, 0.5) is 4.39 Å². The van der Waals surface area contributed by atoms with Crippen LogP contribution in [0.25, 0.3) is 21.8 Å². The van der Waals surface area contributed by atoms with Gasteiger partial charge in [-0.3, -0.25) is 0 Å². The van der Waals surface area contributed by atoms with E-state index in [1.807, 2.05) is 6.07 Å². The Morgan fingerprint density at radius 3 is 2.91 bits per heavy atom. The van der Waals surface area contributed by atoms with Gasteiger partial charge in [0.2, 0.25) is 0 Å². The predicted molar refractivity (Wildman–Crippen MR) is 91.4 cm³/mol. The van der Waals surface area contributed by atoms with E-state index in [-0.39, 0.29) is 5.82 Å². The lowest BCUT2D eigenvalue weighted by Crippen LogP contribution is -1.97. The summed E-state index contributed by atoms with van der Waals surface area (Å²) in [5.74, 6) is 0.159. The van der Waals surface area contributed by atoms with Gasteiger partial charge in [-0.2, -0.15) is 0 Å². The Morgan fingerprint density at radius 1 is 1.13 bits per heavy atom. The van der Waals surface area contributed by atoms with Crippen molar-refractivity contribution in [3.05, 3.63) is 71.3 Å². The van der Waals surface area contributed by atoms with Crippen molar-refractivity contribution in [1.82, 2.24) is 9.55 Å². The number of aromatic nitrogens is 2. The second kappa shape index (κ2) is 4.48. The standard InChI is InChI=1S/C20H17FN2/c1-12-14-4-2-3-5-19(14)23-9-8-15(20(12)23)17-11-22-18-7-6-13(21)10-16(17)18/h2-7,10-11,15,22H,8-9H2,1H3. The van der Waals surface area contributed by atoms with Crippen molar-refractivity contribution in [1.29, 1.82) is 0 Å². The highest BCUT2D eigenvalue weighted by atomic mass is 19.1. The molecule has 1 aliphatic rings. The molecule has 0 spiro atoms. The summed E-state index contributed by atoms with van der Waals surface area (Å²) in [6.07, 6.45) is 3.13. The Morgan fingerprint density at radius 2 is 2.00 bits per heavy atom. The van der Waals surface area contributed by atoms with Gasteiger partial charge in [0.15, 0.2) is 0 Å². The number of rotatable bonds is 1. The first-order valence-electron chi connectivity index (χ1n) is 8.08. The Hall–Kier alpha value is -2.55. The lowest BCUT2D eigenvalue weighted by molar-refractivity contribution is 0.629. The first-order valence-corrected chi connectivity index (χ1v) is 8.08. The third-order valence-corrected chi connectivity index (χ3v) is 5.30. The first-order chi connectivity index (χ1) is 11.2. The van der Waals surface area contributed by atoms with E-state index < -0.39 is 0 Å². The summed E-state index contributed by atoms with van der Waals surface area (Å²) in [6.45, 7) is 3.23. The van der Waals surface area contributed by atoms with Crippen molar-refractivity contribution in [3.8, 4) is 0 Å². The third-order valence-electron chi connectivity index (χ3n) is 5.30. The van der Waals surface area contributed by atoms with Crippen LogP contribution >= 0.6 is 0 Å². The number of halogens is 1. The molecule has 1 unspecified atom stereocenters. The molecule has 1 atom stereocenters. The fourth-order valence-electron chi connectivity index (χ4n) is 4.29. The van der Waals surface area contributed by atoms with E-state index in [4.69, 9.17) is 0 Å². The second-order valence-corrected chi connectivity index (χ2v) is 6.45. The molecule has 0 radical (unpaired) electrons. The molecule has 2 aromatic heterocycles. The van der Waals surface area contributed by atoms with E-state index in [2.05, 4.69) is 46.9 Å². The number of aromatic amines is 1. The van der Waals surface area contributed by atoms with E-state index in [0.717, 1.165) is 23.9 Å². The van der Waals surface area contributed by atoms with Gasteiger partial charge in [-0.25, -0.2) is 4.39 Å². The number of nitrogens with zero attached hydrogens (tertiary/aromatic N) is 1. The molecule has 0 fully saturated rings. The van der Waals surface area contributed by atoms with Crippen LogP contribution in [0, 0.1) is 12.7 Å². The highest BCUT2D eigenvalue weighted by molar-refractivity contribution is 5.88. The molecule has 2 nitrogen and oxygen atoms in total. The van der Waals surface area contributed by atoms with Gasteiger partial charge in [-0.15, -0.1) is 0 Å². The summed E-state index contributed by atoms with van der Waals surface area (Å²) in [4.78, 5) is 3.30. The zero-order chi connectivity index (χ0) is 15.6. The van der Waals surface area contributed by atoms with Gasteiger partial charge in [0.25, 0.3) is 0 Å². The molecule has 114 valence electrons. The number of aryl methyl sites for hydroxylation is 2. The Balaban J connectivity index is 1.77. The number of fused-ring (bicyclic) bond motifs is 4. The molecule has 0 saturated carbocycles. The average Bonchev–Trinajstić information content (AvgIpc) is 3.23. The van der Waals surface area contributed by atoms with Crippen LogP contribution in [0.3, 0.4) is 0 Å². The summed E-state index contributed by atoms with van der Waals surface area (Å²) < 4.78 is 16.1. The zero-order valence-electron chi connectivity index (χ0n) is 12.9. The molecule has 0 saturated heterocycles. The van der Waals surface area contributed by atoms with E-state index in [1.54, 1.807) is 6.07 Å². The molecule has 3 heteroatoms. The van der Waals surface area contributed by atoms with Crippen molar-refractivity contribution in [2.45, 2.75) is 25.8 Å². The third kappa shape index (κ3) is 1.68. The zero-order valence-corrected chi connectivity index (χ0v) is 12.9. The molecule has 1 aliphatic heterocycles. The topological polar surface area (TPSA) is 20.7 Å². The van der Waals surface area contributed by atoms with Crippen LogP contribution in [0.5, 0.6) is 0 Å². The smallest absolute Gasteiger partial charge is 0.123 e. The molecule has 3 heterocycles. The van der Waals surface area contributed by atoms with Crippen LogP contribution in [-0.2, 0) is 6.54 Å². The Labute approximate surface area is 133 Å². The lowest BCUT2D eigenvalue weighted by atomic mass is 9.92. The number of para-hydroxylation sites is 1. The van der Waals surface area contributed by atoms with Crippen molar-refractivity contribution in [2.24, 2.45) is 0 Å². The molecule has 4 aromatic rings. The molecule has 2 aromatic carbocycles. The van der Waals surface area contributed by atoms with Crippen LogP contribution in [0.2, 0.25) is 0 Å². The van der Waals surface area contributed by atoms with Gasteiger partial charge in [0, 0.05) is 46.2 Å². The van der Waals surface area contributed by atoms with Gasteiger partial charge in [-0.05, 0) is 48.7 Å². The van der Waals surface area contributed by atoms with E-state index in [1.165, 1.54) is 33.8 Å². The Kier molecular flexibility index (Phi) is 2.52. The first kappa shape index (κ1) is 12.9. The number of hydrogen-bond donors (Lipinski definition) is 1.